The summed E-state index contributed by atoms with van der Waals surface area (Å²) < 4.78 is 18.7. The molecule has 190 valence electrons. The largest absolute Gasteiger partial charge is 0.497 e. The van der Waals surface area contributed by atoms with Crippen LogP contribution in [0.25, 0.3) is 0 Å². The van der Waals surface area contributed by atoms with Gasteiger partial charge in [-0.2, -0.15) is 0 Å². The highest BCUT2D eigenvalue weighted by molar-refractivity contribution is 7.99. The monoisotopic (exact) mass is 510 g/mol. The highest BCUT2D eigenvalue weighted by Crippen LogP contribution is 2.22. The van der Waals surface area contributed by atoms with E-state index in [9.17, 15) is 14.0 Å². The second-order valence-corrected chi connectivity index (χ2v) is 9.72. The summed E-state index contributed by atoms with van der Waals surface area (Å²) in [6.45, 7) is 7.69. The molecule has 2 amide bonds. The Morgan fingerprint density at radius 3 is 2.19 bits per heavy atom. The Kier molecular flexibility index (Phi) is 9.41. The van der Waals surface area contributed by atoms with E-state index >= 15 is 0 Å². The van der Waals surface area contributed by atoms with Gasteiger partial charge in [-0.15, -0.1) is 0 Å². The summed E-state index contributed by atoms with van der Waals surface area (Å²) in [5.41, 5.74) is 2.96. The number of carbonyl (C=O) groups excluding carboxylic acids is 2. The quantitative estimate of drug-likeness (QED) is 0.304. The maximum absolute atomic E-state index is 13.5. The molecule has 0 radical (unpaired) electrons. The van der Waals surface area contributed by atoms with E-state index in [4.69, 9.17) is 4.74 Å². The van der Waals surface area contributed by atoms with Crippen molar-refractivity contribution in [1.82, 2.24) is 14.9 Å². The molecule has 1 aromatic heterocycles. The van der Waals surface area contributed by atoms with E-state index in [-0.39, 0.29) is 35.8 Å². The molecule has 0 aliphatic heterocycles. The third-order valence-corrected chi connectivity index (χ3v) is 6.30. The number of ether oxygens (including phenoxy) is 1. The smallest absolute Gasteiger partial charge is 0.247 e. The molecule has 0 fully saturated rings. The first-order valence-corrected chi connectivity index (χ1v) is 12.6. The van der Waals surface area contributed by atoms with E-state index in [2.05, 4.69) is 15.3 Å². The van der Waals surface area contributed by atoms with Crippen molar-refractivity contribution in [3.63, 3.8) is 0 Å². The van der Waals surface area contributed by atoms with E-state index in [0.717, 1.165) is 17.0 Å². The molecule has 1 atom stereocenters. The van der Waals surface area contributed by atoms with Gasteiger partial charge in [-0.05, 0) is 67.8 Å². The van der Waals surface area contributed by atoms with Crippen LogP contribution in [-0.4, -0.2) is 45.6 Å². The number of nitrogens with one attached hydrogen (secondary N) is 1. The summed E-state index contributed by atoms with van der Waals surface area (Å²) in [6, 6.07) is 14.0. The number of halogens is 1. The summed E-state index contributed by atoms with van der Waals surface area (Å²) in [7, 11) is 1.57. The lowest BCUT2D eigenvalue weighted by atomic mass is 10.00. The Labute approximate surface area is 215 Å². The van der Waals surface area contributed by atoms with Crippen LogP contribution in [0.5, 0.6) is 5.75 Å². The van der Waals surface area contributed by atoms with Crippen LogP contribution in [0.15, 0.2) is 59.8 Å². The molecule has 0 saturated heterocycles. The topological polar surface area (TPSA) is 84.4 Å². The fourth-order valence-electron chi connectivity index (χ4n) is 3.79. The number of aromatic nitrogens is 2. The molecule has 0 unspecified atom stereocenters. The number of carbonyl (C=O) groups is 2. The highest BCUT2D eigenvalue weighted by atomic mass is 32.2. The lowest BCUT2D eigenvalue weighted by Gasteiger charge is -2.33. The first-order valence-electron chi connectivity index (χ1n) is 11.6. The van der Waals surface area contributed by atoms with Gasteiger partial charge in [0.15, 0.2) is 5.16 Å². The number of hydrogen-bond acceptors (Lipinski definition) is 6. The Morgan fingerprint density at radius 1 is 1.03 bits per heavy atom. The van der Waals surface area contributed by atoms with E-state index < -0.39 is 6.04 Å². The summed E-state index contributed by atoms with van der Waals surface area (Å²) in [4.78, 5) is 37.3. The fraction of sp³-hybridized carbons (Fsp3) is 0.333. The SMILES string of the molecule is COc1ccc(NC(=O)[C@H](C(C)C)N(Cc2ccc(F)cc2)C(=O)CSc2nc(C)cc(C)n2)cc1. The fourth-order valence-corrected chi connectivity index (χ4v) is 4.63. The maximum Gasteiger partial charge on any atom is 0.247 e. The van der Waals surface area contributed by atoms with Crippen molar-refractivity contribution in [2.45, 2.75) is 45.4 Å². The number of aryl methyl sites for hydroxylation is 2. The summed E-state index contributed by atoms with van der Waals surface area (Å²) in [5.74, 6) is -0.364. The molecule has 7 nitrogen and oxygen atoms in total. The molecule has 1 heterocycles. The molecule has 0 aliphatic carbocycles. The van der Waals surface area contributed by atoms with Gasteiger partial charge in [0.25, 0.3) is 0 Å². The van der Waals surface area contributed by atoms with Gasteiger partial charge in [0.2, 0.25) is 11.8 Å². The molecule has 2 aromatic carbocycles. The average molecular weight is 511 g/mol. The lowest BCUT2D eigenvalue weighted by molar-refractivity contribution is -0.138. The molecule has 0 aliphatic rings. The van der Waals surface area contributed by atoms with Crippen molar-refractivity contribution in [2.24, 2.45) is 5.92 Å². The zero-order valence-corrected chi connectivity index (χ0v) is 21.9. The van der Waals surface area contributed by atoms with Gasteiger partial charge >= 0.3 is 0 Å². The van der Waals surface area contributed by atoms with E-state index in [0.29, 0.717) is 16.6 Å². The van der Waals surface area contributed by atoms with Gasteiger partial charge < -0.3 is 15.0 Å². The van der Waals surface area contributed by atoms with Crippen LogP contribution in [0.2, 0.25) is 0 Å². The molecule has 3 rings (SSSR count). The highest BCUT2D eigenvalue weighted by Gasteiger charge is 2.33. The number of methoxy groups -OCH3 is 1. The molecule has 0 bridgehead atoms. The predicted octanol–water partition coefficient (Wildman–Crippen LogP) is 5.03. The van der Waals surface area contributed by atoms with E-state index in [1.165, 1.54) is 23.9 Å². The number of benzene rings is 2. The summed E-state index contributed by atoms with van der Waals surface area (Å²) >= 11 is 1.23. The molecular formula is C27H31FN4O3S. The van der Waals surface area contributed by atoms with Crippen LogP contribution in [0, 0.1) is 25.6 Å². The molecule has 36 heavy (non-hydrogen) atoms. The van der Waals surface area contributed by atoms with Crippen LogP contribution < -0.4 is 10.1 Å². The van der Waals surface area contributed by atoms with Crippen LogP contribution >= 0.6 is 11.8 Å². The Hall–Kier alpha value is -3.46. The third kappa shape index (κ3) is 7.52. The van der Waals surface area contributed by atoms with E-state index in [1.807, 2.05) is 33.8 Å². The zero-order valence-electron chi connectivity index (χ0n) is 21.1. The van der Waals surface area contributed by atoms with Gasteiger partial charge in [-0.1, -0.05) is 37.7 Å². The third-order valence-electron chi connectivity index (χ3n) is 5.47. The van der Waals surface area contributed by atoms with Crippen molar-refractivity contribution in [3.05, 3.63) is 77.4 Å². The van der Waals surface area contributed by atoms with Crippen molar-refractivity contribution < 1.29 is 18.7 Å². The first-order chi connectivity index (χ1) is 17.2. The van der Waals surface area contributed by atoms with Gasteiger partial charge in [0.05, 0.1) is 12.9 Å². The molecule has 0 saturated carbocycles. The molecular weight excluding hydrogens is 479 g/mol. The lowest BCUT2D eigenvalue weighted by Crippen LogP contribution is -2.50. The number of hydrogen-bond donors (Lipinski definition) is 1. The Morgan fingerprint density at radius 2 is 1.64 bits per heavy atom. The van der Waals surface area contributed by atoms with Crippen LogP contribution in [-0.2, 0) is 16.1 Å². The maximum atomic E-state index is 13.5. The normalized spacial score (nSPS) is 11.8. The number of rotatable bonds is 10. The zero-order chi connectivity index (χ0) is 26.2. The molecule has 0 spiro atoms. The van der Waals surface area contributed by atoms with Crippen molar-refractivity contribution in [1.29, 1.82) is 0 Å². The number of thioether (sulfide) groups is 1. The van der Waals surface area contributed by atoms with Crippen LogP contribution in [0.3, 0.4) is 0 Å². The number of nitrogens with zero attached hydrogens (tertiary/aromatic N) is 3. The second-order valence-electron chi connectivity index (χ2n) is 8.78. The van der Waals surface area contributed by atoms with Crippen molar-refractivity contribution in [2.75, 3.05) is 18.2 Å². The molecule has 9 heteroatoms. The standard InChI is InChI=1S/C27H31FN4O3S/c1-17(2)25(26(34)31-22-10-12-23(35-5)13-11-22)32(15-20-6-8-21(28)9-7-20)24(33)16-36-27-29-18(3)14-19(4)30-27/h6-14,17,25H,15-16H2,1-5H3,(H,31,34)/t25-/m0/s1. The van der Waals surface area contributed by atoms with Gasteiger partial charge in [0.1, 0.15) is 17.6 Å². The minimum absolute atomic E-state index is 0.0587. The van der Waals surface area contributed by atoms with Crippen LogP contribution in [0.1, 0.15) is 30.8 Å². The average Bonchev–Trinajstić information content (AvgIpc) is 2.83. The van der Waals surface area contributed by atoms with Gasteiger partial charge in [-0.3, -0.25) is 9.59 Å². The van der Waals surface area contributed by atoms with E-state index in [1.54, 1.807) is 48.4 Å². The Bertz CT molecular complexity index is 1170. The predicted molar refractivity (Wildman–Crippen MR) is 139 cm³/mol. The van der Waals surface area contributed by atoms with Gasteiger partial charge in [-0.25, -0.2) is 14.4 Å². The minimum Gasteiger partial charge on any atom is -0.497 e. The Balaban J connectivity index is 1.85. The van der Waals surface area contributed by atoms with Crippen LogP contribution in [0.4, 0.5) is 10.1 Å². The van der Waals surface area contributed by atoms with Crippen molar-refractivity contribution in [3.8, 4) is 5.75 Å². The van der Waals surface area contributed by atoms with Crippen molar-refractivity contribution >= 4 is 29.3 Å². The number of anilines is 1. The minimum atomic E-state index is -0.759. The summed E-state index contributed by atoms with van der Waals surface area (Å²) in [6.07, 6.45) is 0. The first kappa shape index (κ1) is 27.1. The molecule has 3 aromatic rings. The summed E-state index contributed by atoms with van der Waals surface area (Å²) in [5, 5.41) is 3.42. The molecule has 1 N–H and O–H groups in total. The second kappa shape index (κ2) is 12.5. The number of amides is 2. The van der Waals surface area contributed by atoms with Gasteiger partial charge in [0, 0.05) is 23.6 Å².